The molecule has 0 spiro atoms. The van der Waals surface area contributed by atoms with E-state index in [0.29, 0.717) is 5.02 Å². The summed E-state index contributed by atoms with van der Waals surface area (Å²) < 4.78 is 1.84. The Balaban J connectivity index is 1.78. The molecule has 2 aromatic carbocycles. The van der Waals surface area contributed by atoms with E-state index in [9.17, 15) is 0 Å². The Labute approximate surface area is 154 Å². The Morgan fingerprint density at radius 3 is 2.60 bits per heavy atom. The molecule has 0 fully saturated rings. The molecule has 3 rings (SSSR count). The zero-order valence-corrected chi connectivity index (χ0v) is 15.5. The Bertz CT molecular complexity index is 799. The van der Waals surface area contributed by atoms with Gasteiger partial charge in [-0.1, -0.05) is 55.8 Å². The van der Waals surface area contributed by atoms with Crippen molar-refractivity contribution in [3.05, 3.63) is 77.6 Å². The van der Waals surface area contributed by atoms with E-state index in [1.807, 2.05) is 35.1 Å². The summed E-state index contributed by atoms with van der Waals surface area (Å²) in [6.07, 6.45) is 5.84. The molecule has 0 aliphatic rings. The van der Waals surface area contributed by atoms with E-state index in [1.54, 1.807) is 6.20 Å². The molecule has 25 heavy (non-hydrogen) atoms. The van der Waals surface area contributed by atoms with Gasteiger partial charge in [-0.2, -0.15) is 5.10 Å². The third kappa shape index (κ3) is 4.43. The number of aromatic nitrogens is 2. The molecule has 130 valence electrons. The largest absolute Gasteiger partial charge is 0.383 e. The van der Waals surface area contributed by atoms with Crippen LogP contribution < -0.4 is 5.32 Å². The van der Waals surface area contributed by atoms with Crippen molar-refractivity contribution < 1.29 is 0 Å². The number of benzene rings is 2. The fourth-order valence-corrected chi connectivity index (χ4v) is 3.13. The quantitative estimate of drug-likeness (QED) is 0.599. The van der Waals surface area contributed by atoms with Crippen molar-refractivity contribution in [3.63, 3.8) is 0 Å². The van der Waals surface area contributed by atoms with E-state index < -0.39 is 0 Å². The van der Waals surface area contributed by atoms with Crippen LogP contribution in [0.4, 0.5) is 5.69 Å². The fourth-order valence-electron chi connectivity index (χ4n) is 2.96. The molecule has 0 saturated carbocycles. The first kappa shape index (κ1) is 17.6. The van der Waals surface area contributed by atoms with Crippen molar-refractivity contribution >= 4 is 17.3 Å². The van der Waals surface area contributed by atoms with Gasteiger partial charge in [-0.15, -0.1) is 0 Å². The second-order valence-corrected chi connectivity index (χ2v) is 7.23. The van der Waals surface area contributed by atoms with Crippen molar-refractivity contribution in [1.82, 2.24) is 9.78 Å². The van der Waals surface area contributed by atoms with Gasteiger partial charge in [0.15, 0.2) is 0 Å². The van der Waals surface area contributed by atoms with Gasteiger partial charge in [0.2, 0.25) is 0 Å². The molecule has 0 radical (unpaired) electrons. The SMILES string of the molecule is CCC(C)(CNc1ccc(Cl)cc1-n1cccn1)Cc1ccccc1. The molecule has 0 bridgehead atoms. The highest BCUT2D eigenvalue weighted by molar-refractivity contribution is 6.30. The molecule has 1 atom stereocenters. The summed E-state index contributed by atoms with van der Waals surface area (Å²) in [5, 5.41) is 8.67. The Morgan fingerprint density at radius 1 is 1.12 bits per heavy atom. The van der Waals surface area contributed by atoms with Gasteiger partial charge in [-0.25, -0.2) is 4.68 Å². The zero-order valence-electron chi connectivity index (χ0n) is 14.7. The minimum atomic E-state index is 0.169. The molecule has 0 aliphatic carbocycles. The van der Waals surface area contributed by atoms with Crippen molar-refractivity contribution in [2.45, 2.75) is 26.7 Å². The predicted molar refractivity (Wildman–Crippen MR) is 106 cm³/mol. The molecule has 4 heteroatoms. The van der Waals surface area contributed by atoms with Crippen LogP contribution in [0.1, 0.15) is 25.8 Å². The average molecular weight is 354 g/mol. The number of rotatable bonds is 7. The summed E-state index contributed by atoms with van der Waals surface area (Å²) in [6.45, 7) is 5.46. The van der Waals surface area contributed by atoms with E-state index in [1.165, 1.54) is 5.56 Å². The summed E-state index contributed by atoms with van der Waals surface area (Å²) in [5.74, 6) is 0. The van der Waals surface area contributed by atoms with Crippen molar-refractivity contribution in [2.24, 2.45) is 5.41 Å². The first-order valence-electron chi connectivity index (χ1n) is 8.67. The third-order valence-corrected chi connectivity index (χ3v) is 4.98. The Kier molecular flexibility index (Phi) is 5.44. The number of halogens is 1. The van der Waals surface area contributed by atoms with Crippen LogP contribution in [0.15, 0.2) is 67.0 Å². The molecule has 1 unspecified atom stereocenters. The third-order valence-electron chi connectivity index (χ3n) is 4.74. The fraction of sp³-hybridized carbons (Fsp3) is 0.286. The standard InChI is InChI=1S/C21H24ClN3/c1-3-21(2,15-17-8-5-4-6-9-17)16-23-19-11-10-18(22)14-20(19)25-13-7-12-24-25/h4-14,23H,3,15-16H2,1-2H3. The van der Waals surface area contributed by atoms with Crippen molar-refractivity contribution in [1.29, 1.82) is 0 Å². The van der Waals surface area contributed by atoms with Crippen LogP contribution in [0.25, 0.3) is 5.69 Å². The molecular weight excluding hydrogens is 330 g/mol. The number of nitrogens with zero attached hydrogens (tertiary/aromatic N) is 2. The molecule has 1 aromatic heterocycles. The molecule has 3 nitrogen and oxygen atoms in total. The van der Waals surface area contributed by atoms with Gasteiger partial charge < -0.3 is 5.32 Å². The van der Waals surface area contributed by atoms with E-state index in [-0.39, 0.29) is 5.41 Å². The normalized spacial score (nSPS) is 13.4. The summed E-state index contributed by atoms with van der Waals surface area (Å²) in [6, 6.07) is 18.5. The van der Waals surface area contributed by atoms with Crippen LogP contribution in [-0.4, -0.2) is 16.3 Å². The zero-order chi connectivity index (χ0) is 17.7. The summed E-state index contributed by atoms with van der Waals surface area (Å²) in [7, 11) is 0. The number of nitrogens with one attached hydrogen (secondary N) is 1. The van der Waals surface area contributed by atoms with Crippen LogP contribution >= 0.6 is 11.6 Å². The van der Waals surface area contributed by atoms with Gasteiger partial charge in [0.25, 0.3) is 0 Å². The molecule has 3 aromatic rings. The topological polar surface area (TPSA) is 29.9 Å². The number of hydrogen-bond donors (Lipinski definition) is 1. The van der Waals surface area contributed by atoms with Crippen LogP contribution in [0.3, 0.4) is 0 Å². The number of anilines is 1. The van der Waals surface area contributed by atoms with Gasteiger partial charge >= 0.3 is 0 Å². The van der Waals surface area contributed by atoms with Crippen LogP contribution in [0, 0.1) is 5.41 Å². The lowest BCUT2D eigenvalue weighted by Gasteiger charge is -2.30. The van der Waals surface area contributed by atoms with E-state index in [0.717, 1.165) is 30.8 Å². The monoisotopic (exact) mass is 353 g/mol. The lowest BCUT2D eigenvalue weighted by Crippen LogP contribution is -2.28. The maximum atomic E-state index is 6.19. The first-order valence-corrected chi connectivity index (χ1v) is 9.05. The van der Waals surface area contributed by atoms with Crippen LogP contribution in [-0.2, 0) is 6.42 Å². The van der Waals surface area contributed by atoms with Crippen LogP contribution in [0.2, 0.25) is 5.02 Å². The summed E-state index contributed by atoms with van der Waals surface area (Å²) >= 11 is 6.19. The minimum Gasteiger partial charge on any atom is -0.383 e. The molecule has 0 aliphatic heterocycles. The second kappa shape index (κ2) is 7.75. The van der Waals surface area contributed by atoms with E-state index >= 15 is 0 Å². The Hall–Kier alpha value is -2.26. The minimum absolute atomic E-state index is 0.169. The van der Waals surface area contributed by atoms with Gasteiger partial charge in [-0.3, -0.25) is 0 Å². The predicted octanol–water partition coefficient (Wildman–Crippen LogP) is 5.60. The van der Waals surface area contributed by atoms with Gasteiger partial charge in [0.05, 0.1) is 11.4 Å². The first-order chi connectivity index (χ1) is 12.1. The maximum absolute atomic E-state index is 6.19. The van der Waals surface area contributed by atoms with Crippen molar-refractivity contribution in [3.8, 4) is 5.69 Å². The Morgan fingerprint density at radius 2 is 1.92 bits per heavy atom. The molecule has 1 N–H and O–H groups in total. The van der Waals surface area contributed by atoms with Gasteiger partial charge in [0.1, 0.15) is 0 Å². The highest BCUT2D eigenvalue weighted by Crippen LogP contribution is 2.29. The van der Waals surface area contributed by atoms with Gasteiger partial charge in [-0.05, 0) is 48.1 Å². The molecule has 0 saturated heterocycles. The molecule has 0 amide bonds. The number of hydrogen-bond acceptors (Lipinski definition) is 2. The second-order valence-electron chi connectivity index (χ2n) is 6.79. The average Bonchev–Trinajstić information content (AvgIpc) is 3.16. The highest BCUT2D eigenvalue weighted by Gasteiger charge is 2.23. The molecular formula is C21H24ClN3. The van der Waals surface area contributed by atoms with Crippen LogP contribution in [0.5, 0.6) is 0 Å². The summed E-state index contributed by atoms with van der Waals surface area (Å²) in [4.78, 5) is 0. The smallest absolute Gasteiger partial charge is 0.0891 e. The molecule has 1 heterocycles. The lowest BCUT2D eigenvalue weighted by molar-refractivity contribution is 0.331. The summed E-state index contributed by atoms with van der Waals surface area (Å²) in [5.41, 5.74) is 3.55. The van der Waals surface area contributed by atoms with E-state index in [4.69, 9.17) is 11.6 Å². The van der Waals surface area contributed by atoms with Gasteiger partial charge in [0, 0.05) is 24.0 Å². The maximum Gasteiger partial charge on any atom is 0.0891 e. The lowest BCUT2D eigenvalue weighted by atomic mass is 9.81. The highest BCUT2D eigenvalue weighted by atomic mass is 35.5. The van der Waals surface area contributed by atoms with E-state index in [2.05, 4.69) is 54.6 Å². The van der Waals surface area contributed by atoms with Crippen molar-refractivity contribution in [2.75, 3.05) is 11.9 Å².